The molecule has 4 aromatic rings. The third kappa shape index (κ3) is 4.09. The Morgan fingerprint density at radius 1 is 1.03 bits per heavy atom. The summed E-state index contributed by atoms with van der Waals surface area (Å²) in [6, 6.07) is 16.2. The number of hydrogen-bond donors (Lipinski definition) is 1. The number of carbonyl (C=O) groups is 1. The van der Waals surface area contributed by atoms with Crippen LogP contribution in [0.3, 0.4) is 0 Å². The number of para-hydroxylation sites is 1. The molecule has 1 N–H and O–H groups in total. The molecule has 7 heteroatoms. The van der Waals surface area contributed by atoms with Gasteiger partial charge in [0.1, 0.15) is 5.69 Å². The average Bonchev–Trinajstić information content (AvgIpc) is 3.12. The van der Waals surface area contributed by atoms with Crippen molar-refractivity contribution in [2.75, 3.05) is 5.32 Å². The molecule has 142 valence electrons. The van der Waals surface area contributed by atoms with Crippen LogP contribution in [0, 0.1) is 18.8 Å². The van der Waals surface area contributed by atoms with E-state index < -0.39 is 0 Å². The number of amides is 1. The molecule has 0 fully saturated rings. The Kier molecular flexibility index (Phi) is 5.22. The van der Waals surface area contributed by atoms with Crippen molar-refractivity contribution in [2.24, 2.45) is 0 Å². The zero-order valence-electron chi connectivity index (χ0n) is 15.3. The summed E-state index contributed by atoms with van der Waals surface area (Å²) in [5.74, 6) is 5.75. The smallest absolute Gasteiger partial charge is 0.276 e. The Morgan fingerprint density at radius 2 is 1.83 bits per heavy atom. The molecule has 0 spiro atoms. The third-order valence-electron chi connectivity index (χ3n) is 4.19. The summed E-state index contributed by atoms with van der Waals surface area (Å²) in [5.41, 5.74) is 3.69. The van der Waals surface area contributed by atoms with E-state index in [1.54, 1.807) is 18.2 Å². The molecule has 0 bridgehead atoms. The van der Waals surface area contributed by atoms with Crippen molar-refractivity contribution >= 4 is 40.4 Å². The standard InChI is InChI=1S/C22H14Cl2N4O/c1-14-11-21-25-13-20(22(29)26-16-5-3-2-4-6-16)28(21)27-19(14)10-8-15-7-9-17(23)18(24)12-15/h2-7,9,11-13H,1H3,(H,26,29). The first-order valence-electron chi connectivity index (χ1n) is 8.70. The largest absolute Gasteiger partial charge is 0.321 e. The highest BCUT2D eigenvalue weighted by atomic mass is 35.5. The number of anilines is 1. The number of hydrogen-bond acceptors (Lipinski definition) is 3. The molecular formula is C22H14Cl2N4O. The normalized spacial score (nSPS) is 10.4. The van der Waals surface area contributed by atoms with Gasteiger partial charge in [0.15, 0.2) is 11.3 Å². The van der Waals surface area contributed by atoms with Crippen LogP contribution >= 0.6 is 23.2 Å². The van der Waals surface area contributed by atoms with E-state index >= 15 is 0 Å². The minimum absolute atomic E-state index is 0.302. The van der Waals surface area contributed by atoms with Crippen LogP contribution in [0.25, 0.3) is 5.65 Å². The van der Waals surface area contributed by atoms with Crippen molar-refractivity contribution < 1.29 is 4.79 Å². The number of fused-ring (bicyclic) bond motifs is 1. The van der Waals surface area contributed by atoms with Crippen molar-refractivity contribution in [3.63, 3.8) is 0 Å². The van der Waals surface area contributed by atoms with Gasteiger partial charge in [0.25, 0.3) is 5.91 Å². The first-order valence-corrected chi connectivity index (χ1v) is 9.46. The molecule has 5 nitrogen and oxygen atoms in total. The Labute approximate surface area is 177 Å². The van der Waals surface area contributed by atoms with Crippen molar-refractivity contribution in [1.29, 1.82) is 0 Å². The number of benzene rings is 2. The molecule has 0 saturated heterocycles. The van der Waals surface area contributed by atoms with Crippen molar-refractivity contribution in [3.05, 3.63) is 93.4 Å². The monoisotopic (exact) mass is 420 g/mol. The summed E-state index contributed by atoms with van der Waals surface area (Å²) in [6.07, 6.45) is 1.50. The van der Waals surface area contributed by atoms with Crippen molar-refractivity contribution in [1.82, 2.24) is 14.6 Å². The summed E-state index contributed by atoms with van der Waals surface area (Å²) < 4.78 is 1.49. The van der Waals surface area contributed by atoms with Crippen molar-refractivity contribution in [3.8, 4) is 11.8 Å². The van der Waals surface area contributed by atoms with Gasteiger partial charge in [-0.05, 0) is 54.8 Å². The maximum atomic E-state index is 12.7. The molecule has 1 amide bonds. The number of halogens is 2. The van der Waals surface area contributed by atoms with Gasteiger partial charge in [-0.3, -0.25) is 4.79 Å². The minimum atomic E-state index is -0.302. The summed E-state index contributed by atoms with van der Waals surface area (Å²) >= 11 is 12.0. The lowest BCUT2D eigenvalue weighted by Gasteiger charge is -2.05. The maximum absolute atomic E-state index is 12.7. The minimum Gasteiger partial charge on any atom is -0.321 e. The molecule has 0 unspecified atom stereocenters. The predicted octanol–water partition coefficient (Wildman–Crippen LogP) is 5.00. The fourth-order valence-electron chi connectivity index (χ4n) is 2.70. The first-order chi connectivity index (χ1) is 14.0. The van der Waals surface area contributed by atoms with Crippen LogP contribution in [0.4, 0.5) is 5.69 Å². The molecule has 0 radical (unpaired) electrons. The number of imidazole rings is 1. The van der Waals surface area contributed by atoms with Crippen molar-refractivity contribution in [2.45, 2.75) is 6.92 Å². The molecule has 4 rings (SSSR count). The van der Waals surface area contributed by atoms with Crippen LogP contribution in [-0.2, 0) is 0 Å². The zero-order chi connectivity index (χ0) is 20.4. The summed E-state index contributed by atoms with van der Waals surface area (Å²) in [5, 5.41) is 8.26. The second-order valence-corrected chi connectivity index (χ2v) is 7.10. The van der Waals surface area contributed by atoms with Gasteiger partial charge in [-0.1, -0.05) is 47.3 Å². The van der Waals surface area contributed by atoms with Gasteiger partial charge >= 0.3 is 0 Å². The first kappa shape index (κ1) is 19.0. The SMILES string of the molecule is Cc1cc2ncc(C(=O)Nc3ccccc3)n2nc1C#Cc1ccc(Cl)c(Cl)c1. The Hall–Kier alpha value is -3.33. The number of aryl methyl sites for hydroxylation is 1. The van der Waals surface area contributed by atoms with Crippen LogP contribution in [0.5, 0.6) is 0 Å². The third-order valence-corrected chi connectivity index (χ3v) is 4.93. The molecule has 0 aliphatic rings. The molecule has 2 aromatic heterocycles. The Morgan fingerprint density at radius 3 is 2.59 bits per heavy atom. The molecule has 0 saturated carbocycles. The summed E-state index contributed by atoms with van der Waals surface area (Å²) in [7, 11) is 0. The molecule has 2 aromatic carbocycles. The van der Waals surface area contributed by atoms with E-state index in [-0.39, 0.29) is 5.91 Å². The van der Waals surface area contributed by atoms with Gasteiger partial charge in [0.2, 0.25) is 0 Å². The number of nitrogens with zero attached hydrogens (tertiary/aromatic N) is 3. The van der Waals surface area contributed by atoms with E-state index in [1.807, 2.05) is 43.3 Å². The van der Waals surface area contributed by atoms with Crippen LogP contribution in [0.2, 0.25) is 10.0 Å². The number of aromatic nitrogens is 3. The second-order valence-electron chi connectivity index (χ2n) is 6.29. The number of nitrogens with one attached hydrogen (secondary N) is 1. The lowest BCUT2D eigenvalue weighted by Crippen LogP contribution is -2.15. The quantitative estimate of drug-likeness (QED) is 0.464. The molecule has 29 heavy (non-hydrogen) atoms. The molecular weight excluding hydrogens is 407 g/mol. The highest BCUT2D eigenvalue weighted by molar-refractivity contribution is 6.42. The van der Waals surface area contributed by atoms with Crippen LogP contribution < -0.4 is 5.32 Å². The lowest BCUT2D eigenvalue weighted by molar-refractivity contribution is 0.102. The molecule has 0 aliphatic carbocycles. The average molecular weight is 421 g/mol. The van der Waals surface area contributed by atoms with E-state index in [0.717, 1.165) is 5.56 Å². The van der Waals surface area contributed by atoms with E-state index in [1.165, 1.54) is 10.7 Å². The predicted molar refractivity (Wildman–Crippen MR) is 115 cm³/mol. The highest BCUT2D eigenvalue weighted by Gasteiger charge is 2.15. The Balaban J connectivity index is 1.69. The van der Waals surface area contributed by atoms with Crippen LogP contribution in [-0.4, -0.2) is 20.5 Å². The van der Waals surface area contributed by atoms with Gasteiger partial charge < -0.3 is 5.32 Å². The van der Waals surface area contributed by atoms with Crippen LogP contribution in [0.15, 0.2) is 60.8 Å². The summed E-state index contributed by atoms with van der Waals surface area (Å²) in [6.45, 7) is 1.89. The van der Waals surface area contributed by atoms with Gasteiger partial charge in [0.05, 0.1) is 16.2 Å². The molecule has 0 aliphatic heterocycles. The number of carbonyl (C=O) groups excluding carboxylic acids is 1. The van der Waals surface area contributed by atoms with E-state index in [4.69, 9.17) is 23.2 Å². The zero-order valence-corrected chi connectivity index (χ0v) is 16.8. The highest BCUT2D eigenvalue weighted by Crippen LogP contribution is 2.22. The number of rotatable bonds is 2. The maximum Gasteiger partial charge on any atom is 0.276 e. The molecule has 2 heterocycles. The van der Waals surface area contributed by atoms with Gasteiger partial charge in [-0.15, -0.1) is 0 Å². The van der Waals surface area contributed by atoms with Gasteiger partial charge in [-0.2, -0.15) is 5.10 Å². The fraction of sp³-hybridized carbons (Fsp3) is 0.0455. The van der Waals surface area contributed by atoms with E-state index in [0.29, 0.717) is 38.3 Å². The topological polar surface area (TPSA) is 59.3 Å². The fourth-order valence-corrected chi connectivity index (χ4v) is 3.00. The van der Waals surface area contributed by atoms with Crippen LogP contribution in [0.1, 0.15) is 27.3 Å². The molecule has 0 atom stereocenters. The van der Waals surface area contributed by atoms with E-state index in [9.17, 15) is 4.79 Å². The summed E-state index contributed by atoms with van der Waals surface area (Å²) in [4.78, 5) is 16.9. The van der Waals surface area contributed by atoms with Gasteiger partial charge in [0, 0.05) is 11.3 Å². The second kappa shape index (κ2) is 7.96. The lowest BCUT2D eigenvalue weighted by atomic mass is 10.2. The van der Waals surface area contributed by atoms with Gasteiger partial charge in [-0.25, -0.2) is 9.50 Å². The Bertz CT molecular complexity index is 1290. The van der Waals surface area contributed by atoms with E-state index in [2.05, 4.69) is 27.2 Å².